The van der Waals surface area contributed by atoms with Crippen LogP contribution in [0.5, 0.6) is 0 Å². The molecule has 0 bridgehead atoms. The zero-order chi connectivity index (χ0) is 14.3. The number of hydrogen-bond acceptors (Lipinski definition) is 4. The van der Waals surface area contributed by atoms with Crippen LogP contribution in [0.15, 0.2) is 24.3 Å². The zero-order valence-corrected chi connectivity index (χ0v) is 10.9. The molecule has 19 heavy (non-hydrogen) atoms. The summed E-state index contributed by atoms with van der Waals surface area (Å²) in [5, 5.41) is 19.3. The van der Waals surface area contributed by atoms with Gasteiger partial charge in [-0.3, -0.25) is 14.9 Å². The normalized spacial score (nSPS) is 10.2. The zero-order valence-electron chi connectivity index (χ0n) is 10.9. The molecule has 0 radical (unpaired) electrons. The summed E-state index contributed by atoms with van der Waals surface area (Å²) in [5.41, 5.74) is 0.235. The molecule has 0 aliphatic heterocycles. The van der Waals surface area contributed by atoms with Crippen LogP contribution in [0, 0.1) is 10.1 Å². The number of nitrogens with zero attached hydrogens (tertiary/aromatic N) is 2. The Bertz CT molecular complexity index is 448. The van der Waals surface area contributed by atoms with Crippen LogP contribution >= 0.6 is 0 Å². The van der Waals surface area contributed by atoms with Gasteiger partial charge in [-0.05, 0) is 25.3 Å². The smallest absolute Gasteiger partial charge is 0.270 e. The van der Waals surface area contributed by atoms with Crippen molar-refractivity contribution in [2.75, 3.05) is 20.2 Å². The Labute approximate surface area is 111 Å². The quantitative estimate of drug-likeness (QED) is 0.463. The van der Waals surface area contributed by atoms with Gasteiger partial charge in [0.15, 0.2) is 0 Å². The summed E-state index contributed by atoms with van der Waals surface area (Å²) in [6.07, 6.45) is 2.37. The minimum absolute atomic E-state index is 0.0838. The number of aliphatic hydroxyl groups excluding tert-OH is 1. The highest BCUT2D eigenvalue weighted by atomic mass is 16.6. The van der Waals surface area contributed by atoms with Gasteiger partial charge in [0.2, 0.25) is 0 Å². The first-order valence-corrected chi connectivity index (χ1v) is 6.17. The molecule has 0 unspecified atom stereocenters. The SMILES string of the molecule is CN(CCCCCO)C(=O)c1cccc([N+](=O)[O-])c1. The molecule has 104 valence electrons. The fourth-order valence-corrected chi connectivity index (χ4v) is 1.71. The Kier molecular flexibility index (Phi) is 5.95. The first-order chi connectivity index (χ1) is 9.06. The minimum atomic E-state index is -0.516. The summed E-state index contributed by atoms with van der Waals surface area (Å²) in [6, 6.07) is 5.72. The van der Waals surface area contributed by atoms with E-state index in [0.717, 1.165) is 19.3 Å². The Morgan fingerprint density at radius 3 is 2.74 bits per heavy atom. The average molecular weight is 266 g/mol. The van der Waals surface area contributed by atoms with Crippen molar-refractivity contribution in [3.05, 3.63) is 39.9 Å². The minimum Gasteiger partial charge on any atom is -0.396 e. The maximum atomic E-state index is 12.0. The summed E-state index contributed by atoms with van der Waals surface area (Å²) >= 11 is 0. The molecular formula is C13H18N2O4. The number of carbonyl (C=O) groups excluding carboxylic acids is 1. The summed E-state index contributed by atoms with van der Waals surface area (Å²) in [6.45, 7) is 0.726. The molecule has 6 nitrogen and oxygen atoms in total. The van der Waals surface area contributed by atoms with Gasteiger partial charge in [0.05, 0.1) is 4.92 Å². The van der Waals surface area contributed by atoms with E-state index in [1.54, 1.807) is 13.1 Å². The van der Waals surface area contributed by atoms with Crippen LogP contribution in [0.3, 0.4) is 0 Å². The summed E-state index contributed by atoms with van der Waals surface area (Å²) < 4.78 is 0. The molecule has 0 aliphatic carbocycles. The fourth-order valence-electron chi connectivity index (χ4n) is 1.71. The summed E-state index contributed by atoms with van der Waals surface area (Å²) in [4.78, 5) is 23.7. The van der Waals surface area contributed by atoms with E-state index in [1.165, 1.54) is 23.1 Å². The van der Waals surface area contributed by atoms with E-state index < -0.39 is 4.92 Å². The lowest BCUT2D eigenvalue weighted by Gasteiger charge is -2.16. The lowest BCUT2D eigenvalue weighted by Crippen LogP contribution is -2.27. The Morgan fingerprint density at radius 2 is 2.11 bits per heavy atom. The molecule has 0 aromatic heterocycles. The van der Waals surface area contributed by atoms with Gasteiger partial charge in [0.1, 0.15) is 0 Å². The van der Waals surface area contributed by atoms with Crippen LogP contribution in [0.4, 0.5) is 5.69 Å². The van der Waals surface area contributed by atoms with Gasteiger partial charge >= 0.3 is 0 Å². The van der Waals surface area contributed by atoms with E-state index in [2.05, 4.69) is 0 Å². The number of non-ortho nitro benzene ring substituents is 1. The van der Waals surface area contributed by atoms with Crippen molar-refractivity contribution in [2.24, 2.45) is 0 Å². The molecule has 0 spiro atoms. The number of nitro groups is 1. The lowest BCUT2D eigenvalue weighted by molar-refractivity contribution is -0.384. The number of carbonyl (C=O) groups is 1. The Morgan fingerprint density at radius 1 is 1.37 bits per heavy atom. The van der Waals surface area contributed by atoms with Gasteiger partial charge in [0.25, 0.3) is 11.6 Å². The Balaban J connectivity index is 2.61. The highest BCUT2D eigenvalue weighted by molar-refractivity contribution is 5.94. The number of amides is 1. The molecule has 1 aromatic carbocycles. The highest BCUT2D eigenvalue weighted by Gasteiger charge is 2.14. The van der Waals surface area contributed by atoms with Crippen LogP contribution < -0.4 is 0 Å². The predicted octanol–water partition coefficient (Wildman–Crippen LogP) is 1.83. The molecule has 0 atom stereocenters. The molecular weight excluding hydrogens is 248 g/mol. The van der Waals surface area contributed by atoms with Crippen molar-refractivity contribution in [2.45, 2.75) is 19.3 Å². The average Bonchev–Trinajstić information content (AvgIpc) is 2.42. The maximum absolute atomic E-state index is 12.0. The van der Waals surface area contributed by atoms with E-state index in [0.29, 0.717) is 12.1 Å². The largest absolute Gasteiger partial charge is 0.396 e. The third kappa shape index (κ3) is 4.67. The van der Waals surface area contributed by atoms with Gasteiger partial charge in [-0.1, -0.05) is 6.07 Å². The van der Waals surface area contributed by atoms with Crippen LogP contribution in [-0.4, -0.2) is 41.0 Å². The summed E-state index contributed by atoms with van der Waals surface area (Å²) in [5.74, 6) is -0.229. The molecule has 1 amide bonds. The lowest BCUT2D eigenvalue weighted by atomic mass is 10.1. The second kappa shape index (κ2) is 7.48. The molecule has 1 N–H and O–H groups in total. The first kappa shape index (κ1) is 15.1. The van der Waals surface area contributed by atoms with Gasteiger partial charge in [-0.15, -0.1) is 0 Å². The van der Waals surface area contributed by atoms with E-state index >= 15 is 0 Å². The predicted molar refractivity (Wildman–Crippen MR) is 71.0 cm³/mol. The second-order valence-electron chi connectivity index (χ2n) is 4.32. The van der Waals surface area contributed by atoms with Crippen LogP contribution in [0.1, 0.15) is 29.6 Å². The third-order valence-electron chi connectivity index (χ3n) is 2.80. The number of unbranched alkanes of at least 4 members (excludes halogenated alkanes) is 2. The van der Waals surface area contributed by atoms with E-state index in [-0.39, 0.29) is 18.2 Å². The number of aliphatic hydroxyl groups is 1. The van der Waals surface area contributed by atoms with Crippen LogP contribution in [-0.2, 0) is 0 Å². The number of hydrogen-bond donors (Lipinski definition) is 1. The van der Waals surface area contributed by atoms with Gasteiger partial charge in [-0.25, -0.2) is 0 Å². The molecule has 6 heteroatoms. The first-order valence-electron chi connectivity index (χ1n) is 6.17. The molecule has 0 saturated heterocycles. The molecule has 1 aromatic rings. The monoisotopic (exact) mass is 266 g/mol. The van der Waals surface area contributed by atoms with Crippen molar-refractivity contribution >= 4 is 11.6 Å². The van der Waals surface area contributed by atoms with Crippen molar-refractivity contribution in [3.63, 3.8) is 0 Å². The highest BCUT2D eigenvalue weighted by Crippen LogP contribution is 2.14. The van der Waals surface area contributed by atoms with Gasteiger partial charge < -0.3 is 10.0 Å². The van der Waals surface area contributed by atoms with Crippen molar-refractivity contribution < 1.29 is 14.8 Å². The van der Waals surface area contributed by atoms with Crippen LogP contribution in [0.25, 0.3) is 0 Å². The second-order valence-corrected chi connectivity index (χ2v) is 4.32. The summed E-state index contributed by atoms with van der Waals surface area (Å²) in [7, 11) is 1.67. The molecule has 1 rings (SSSR count). The van der Waals surface area contributed by atoms with Crippen molar-refractivity contribution in [1.29, 1.82) is 0 Å². The third-order valence-corrected chi connectivity index (χ3v) is 2.80. The topological polar surface area (TPSA) is 83.7 Å². The molecule has 0 fully saturated rings. The number of nitro benzene ring substituents is 1. The molecule has 0 heterocycles. The van der Waals surface area contributed by atoms with Crippen LogP contribution in [0.2, 0.25) is 0 Å². The molecule has 0 aliphatic rings. The van der Waals surface area contributed by atoms with Gasteiger partial charge in [0, 0.05) is 37.9 Å². The van der Waals surface area contributed by atoms with E-state index in [1.807, 2.05) is 0 Å². The van der Waals surface area contributed by atoms with Crippen molar-refractivity contribution in [1.82, 2.24) is 4.90 Å². The molecule has 0 saturated carbocycles. The van der Waals surface area contributed by atoms with Crippen molar-refractivity contribution in [3.8, 4) is 0 Å². The number of rotatable bonds is 7. The fraction of sp³-hybridized carbons (Fsp3) is 0.462. The van der Waals surface area contributed by atoms with E-state index in [9.17, 15) is 14.9 Å². The maximum Gasteiger partial charge on any atom is 0.270 e. The van der Waals surface area contributed by atoms with Gasteiger partial charge in [-0.2, -0.15) is 0 Å². The van der Waals surface area contributed by atoms with E-state index in [4.69, 9.17) is 5.11 Å². The number of benzene rings is 1. The standard InChI is InChI=1S/C13H18N2O4/c1-14(8-3-2-4-9-16)13(17)11-6-5-7-12(10-11)15(18)19/h5-7,10,16H,2-4,8-9H2,1H3. The Hall–Kier alpha value is -1.95.